The molecule has 0 aliphatic heterocycles. The Bertz CT molecular complexity index is 489. The van der Waals surface area contributed by atoms with Crippen molar-refractivity contribution in [1.82, 2.24) is 0 Å². The Morgan fingerprint density at radius 2 is 2.10 bits per heavy atom. The van der Waals surface area contributed by atoms with E-state index in [2.05, 4.69) is 19.0 Å². The molecule has 0 amide bonds. The van der Waals surface area contributed by atoms with E-state index in [4.69, 9.17) is 10.9 Å². The van der Waals surface area contributed by atoms with Crippen LogP contribution >= 0.6 is 11.8 Å². The highest BCUT2D eigenvalue weighted by Gasteiger charge is 2.34. The van der Waals surface area contributed by atoms with Crippen LogP contribution in [-0.2, 0) is 6.18 Å². The molecule has 1 aromatic rings. The minimum atomic E-state index is -4.54. The van der Waals surface area contributed by atoms with Crippen molar-refractivity contribution in [3.8, 4) is 0 Å². The number of thioether (sulfide) groups is 1. The predicted molar refractivity (Wildman–Crippen MR) is 74.1 cm³/mol. The Balaban J connectivity index is 3.09. The number of halogens is 3. The second kappa shape index (κ2) is 6.88. The smallest absolute Gasteiger partial charge is 0.409 e. The summed E-state index contributed by atoms with van der Waals surface area (Å²) in [4.78, 5) is 0.667. The first-order valence-corrected chi connectivity index (χ1v) is 7.10. The maximum absolute atomic E-state index is 12.8. The zero-order valence-corrected chi connectivity index (χ0v) is 12.1. The molecule has 1 rings (SSSR count). The number of nitrogens with two attached hydrogens (primary N) is 1. The van der Waals surface area contributed by atoms with Crippen molar-refractivity contribution >= 4 is 17.6 Å². The molecule has 1 atom stereocenters. The van der Waals surface area contributed by atoms with Crippen LogP contribution in [0.1, 0.15) is 31.4 Å². The van der Waals surface area contributed by atoms with Crippen molar-refractivity contribution in [2.45, 2.75) is 31.3 Å². The van der Waals surface area contributed by atoms with Crippen LogP contribution in [0.25, 0.3) is 0 Å². The van der Waals surface area contributed by atoms with Gasteiger partial charge in [-0.05, 0) is 24.1 Å². The van der Waals surface area contributed by atoms with Crippen molar-refractivity contribution in [3.63, 3.8) is 0 Å². The van der Waals surface area contributed by atoms with Crippen molar-refractivity contribution in [3.05, 3.63) is 29.3 Å². The zero-order chi connectivity index (χ0) is 15.3. The van der Waals surface area contributed by atoms with Gasteiger partial charge in [-0.25, -0.2) is 0 Å². The van der Waals surface area contributed by atoms with Gasteiger partial charge in [0, 0.05) is 16.2 Å². The standard InChI is InChI=1S/C13H17F3N2OS/c1-3-8(2)7-20-9-4-5-11(13(14,15)16)10(6-9)12(17)18-19/h4-6,8,19H,3,7H2,1-2H3,(H2,17,18). The number of rotatable bonds is 5. The zero-order valence-electron chi connectivity index (χ0n) is 11.2. The summed E-state index contributed by atoms with van der Waals surface area (Å²) in [6, 6.07) is 3.68. The third-order valence-corrected chi connectivity index (χ3v) is 4.23. The fourth-order valence-corrected chi connectivity index (χ4v) is 2.56. The van der Waals surface area contributed by atoms with E-state index < -0.39 is 17.6 Å². The lowest BCUT2D eigenvalue weighted by Crippen LogP contribution is -2.20. The van der Waals surface area contributed by atoms with Crippen LogP contribution in [0.2, 0.25) is 0 Å². The van der Waals surface area contributed by atoms with Gasteiger partial charge in [-0.15, -0.1) is 11.8 Å². The molecule has 0 heterocycles. The summed E-state index contributed by atoms with van der Waals surface area (Å²) in [5.74, 6) is 0.732. The van der Waals surface area contributed by atoms with Gasteiger partial charge in [0.2, 0.25) is 0 Å². The largest absolute Gasteiger partial charge is 0.417 e. The minimum absolute atomic E-state index is 0.297. The molecule has 0 bridgehead atoms. The number of hydrogen-bond acceptors (Lipinski definition) is 3. The van der Waals surface area contributed by atoms with Gasteiger partial charge in [0.1, 0.15) is 0 Å². The predicted octanol–water partition coefficient (Wildman–Crippen LogP) is 3.94. The van der Waals surface area contributed by atoms with Gasteiger partial charge >= 0.3 is 6.18 Å². The summed E-state index contributed by atoms with van der Waals surface area (Å²) in [5, 5.41) is 11.3. The highest BCUT2D eigenvalue weighted by Crippen LogP contribution is 2.34. The summed E-state index contributed by atoms with van der Waals surface area (Å²) in [5.41, 5.74) is 4.13. The second-order valence-electron chi connectivity index (χ2n) is 4.51. The molecule has 3 nitrogen and oxygen atoms in total. The molecule has 0 aliphatic rings. The molecule has 0 radical (unpaired) electrons. The normalized spacial score (nSPS) is 14.3. The number of amidine groups is 1. The van der Waals surface area contributed by atoms with E-state index >= 15 is 0 Å². The van der Waals surface area contributed by atoms with Crippen LogP contribution in [0.15, 0.2) is 28.3 Å². The number of nitrogens with zero attached hydrogens (tertiary/aromatic N) is 1. The lowest BCUT2D eigenvalue weighted by atomic mass is 10.1. The maximum Gasteiger partial charge on any atom is 0.417 e. The highest BCUT2D eigenvalue weighted by molar-refractivity contribution is 7.99. The highest BCUT2D eigenvalue weighted by atomic mass is 32.2. The third-order valence-electron chi connectivity index (χ3n) is 2.91. The van der Waals surface area contributed by atoms with Crippen LogP contribution in [0.5, 0.6) is 0 Å². The van der Waals surface area contributed by atoms with Crippen LogP contribution < -0.4 is 5.73 Å². The molecule has 0 aromatic heterocycles. The van der Waals surface area contributed by atoms with Crippen molar-refractivity contribution in [2.24, 2.45) is 16.8 Å². The van der Waals surface area contributed by atoms with Crippen LogP contribution in [-0.4, -0.2) is 16.8 Å². The lowest BCUT2D eigenvalue weighted by Gasteiger charge is -2.14. The molecule has 1 unspecified atom stereocenters. The van der Waals surface area contributed by atoms with Gasteiger partial charge in [0.15, 0.2) is 5.84 Å². The fourth-order valence-electron chi connectivity index (χ4n) is 1.48. The first-order valence-electron chi connectivity index (χ1n) is 6.11. The lowest BCUT2D eigenvalue weighted by molar-refractivity contribution is -0.137. The number of hydrogen-bond donors (Lipinski definition) is 2. The molecule has 0 spiro atoms. The van der Waals surface area contributed by atoms with Gasteiger partial charge in [-0.2, -0.15) is 13.2 Å². The third kappa shape index (κ3) is 4.33. The molecular formula is C13H17F3N2OS. The molecule has 3 N–H and O–H groups in total. The first-order chi connectivity index (χ1) is 9.29. The Hall–Kier alpha value is -1.37. The van der Waals surface area contributed by atoms with Gasteiger partial charge in [0.25, 0.3) is 0 Å². The molecule has 7 heteroatoms. The Kier molecular flexibility index (Phi) is 5.74. The summed E-state index contributed by atoms with van der Waals surface area (Å²) in [6.45, 7) is 4.13. The molecular weight excluding hydrogens is 289 g/mol. The van der Waals surface area contributed by atoms with E-state index in [1.165, 1.54) is 23.9 Å². The van der Waals surface area contributed by atoms with Gasteiger partial charge in [-0.1, -0.05) is 25.4 Å². The van der Waals surface area contributed by atoms with E-state index in [9.17, 15) is 13.2 Å². The fraction of sp³-hybridized carbons (Fsp3) is 0.462. The van der Waals surface area contributed by atoms with Crippen LogP contribution in [0.4, 0.5) is 13.2 Å². The molecule has 0 aliphatic carbocycles. The van der Waals surface area contributed by atoms with E-state index in [0.717, 1.165) is 18.2 Å². The van der Waals surface area contributed by atoms with Crippen LogP contribution in [0, 0.1) is 5.92 Å². The SMILES string of the molecule is CCC(C)CSc1ccc(C(F)(F)F)c(/C(N)=N/O)c1. The molecule has 0 fully saturated rings. The monoisotopic (exact) mass is 306 g/mol. The van der Waals surface area contributed by atoms with Crippen molar-refractivity contribution < 1.29 is 18.4 Å². The van der Waals surface area contributed by atoms with Crippen molar-refractivity contribution in [1.29, 1.82) is 0 Å². The Morgan fingerprint density at radius 1 is 1.45 bits per heavy atom. The van der Waals surface area contributed by atoms with Crippen molar-refractivity contribution in [2.75, 3.05) is 5.75 Å². The number of benzene rings is 1. The maximum atomic E-state index is 12.8. The summed E-state index contributed by atoms with van der Waals surface area (Å²) in [6.07, 6.45) is -3.54. The van der Waals surface area contributed by atoms with Gasteiger partial charge in [0.05, 0.1) is 5.56 Å². The van der Waals surface area contributed by atoms with Gasteiger partial charge in [-0.3, -0.25) is 0 Å². The average Bonchev–Trinajstić information content (AvgIpc) is 2.42. The topological polar surface area (TPSA) is 58.6 Å². The second-order valence-corrected chi connectivity index (χ2v) is 5.61. The molecule has 0 saturated heterocycles. The summed E-state index contributed by atoms with van der Waals surface area (Å²) < 4.78 is 38.5. The quantitative estimate of drug-likeness (QED) is 0.285. The molecule has 112 valence electrons. The van der Waals surface area contributed by atoms with E-state index in [0.29, 0.717) is 10.8 Å². The Morgan fingerprint density at radius 3 is 2.60 bits per heavy atom. The van der Waals surface area contributed by atoms with Gasteiger partial charge < -0.3 is 10.9 Å². The van der Waals surface area contributed by atoms with E-state index in [1.807, 2.05) is 0 Å². The van der Waals surface area contributed by atoms with E-state index in [1.54, 1.807) is 0 Å². The molecule has 20 heavy (non-hydrogen) atoms. The first kappa shape index (κ1) is 16.7. The summed E-state index contributed by atoms with van der Waals surface area (Å²) in [7, 11) is 0. The molecule has 1 aromatic carbocycles. The number of oxime groups is 1. The minimum Gasteiger partial charge on any atom is -0.409 e. The average molecular weight is 306 g/mol. The van der Waals surface area contributed by atoms with Crippen LogP contribution in [0.3, 0.4) is 0 Å². The summed E-state index contributed by atoms with van der Waals surface area (Å²) >= 11 is 1.45. The Labute approximate surface area is 120 Å². The van der Waals surface area contributed by atoms with E-state index in [-0.39, 0.29) is 5.56 Å². The molecule has 0 saturated carbocycles. The number of alkyl halides is 3.